The van der Waals surface area contributed by atoms with Gasteiger partial charge < -0.3 is 4.90 Å². The summed E-state index contributed by atoms with van der Waals surface area (Å²) in [6, 6.07) is 10.4. The third-order valence-corrected chi connectivity index (χ3v) is 4.32. The van der Waals surface area contributed by atoms with Gasteiger partial charge in [0.2, 0.25) is 0 Å². The van der Waals surface area contributed by atoms with Crippen molar-refractivity contribution < 1.29 is 0 Å². The minimum atomic E-state index is 0.534. The SMILES string of the molecule is Cc1ccc(N(C)Cc2ccc(Cl)s2)c(CCl)c1. The van der Waals surface area contributed by atoms with Crippen LogP contribution in [0.15, 0.2) is 30.3 Å². The molecular formula is C14H15Cl2NS. The molecule has 0 saturated carbocycles. The standard InChI is InChI=1S/C14H15Cl2NS/c1-10-3-5-13(11(7-10)8-15)17(2)9-12-4-6-14(16)18-12/h3-7H,8-9H2,1-2H3. The molecule has 0 unspecified atom stereocenters. The number of hydrogen-bond acceptors (Lipinski definition) is 2. The van der Waals surface area contributed by atoms with E-state index in [0.29, 0.717) is 5.88 Å². The molecule has 0 aliphatic heterocycles. The van der Waals surface area contributed by atoms with Crippen LogP contribution in [0.25, 0.3) is 0 Å². The molecule has 0 atom stereocenters. The first kappa shape index (κ1) is 13.7. The number of alkyl halides is 1. The summed E-state index contributed by atoms with van der Waals surface area (Å²) in [6.07, 6.45) is 0. The third kappa shape index (κ3) is 3.19. The van der Waals surface area contributed by atoms with E-state index in [1.54, 1.807) is 11.3 Å². The van der Waals surface area contributed by atoms with Crippen LogP contribution in [0.5, 0.6) is 0 Å². The van der Waals surface area contributed by atoms with E-state index < -0.39 is 0 Å². The van der Waals surface area contributed by atoms with Crippen molar-refractivity contribution in [2.75, 3.05) is 11.9 Å². The summed E-state index contributed by atoms with van der Waals surface area (Å²) in [4.78, 5) is 3.46. The van der Waals surface area contributed by atoms with Crippen LogP contribution in [0.3, 0.4) is 0 Å². The lowest BCUT2D eigenvalue weighted by Crippen LogP contribution is -2.17. The van der Waals surface area contributed by atoms with Crippen molar-refractivity contribution in [2.45, 2.75) is 19.3 Å². The molecule has 0 aliphatic rings. The molecule has 2 aromatic rings. The lowest BCUT2D eigenvalue weighted by atomic mass is 10.1. The molecule has 0 radical (unpaired) electrons. The Balaban J connectivity index is 2.20. The normalized spacial score (nSPS) is 10.7. The Kier molecular flexibility index (Phi) is 4.55. The van der Waals surface area contributed by atoms with E-state index in [-0.39, 0.29) is 0 Å². The highest BCUT2D eigenvalue weighted by Crippen LogP contribution is 2.27. The summed E-state index contributed by atoms with van der Waals surface area (Å²) in [5.74, 6) is 0.534. The smallest absolute Gasteiger partial charge is 0.0931 e. The highest BCUT2D eigenvalue weighted by molar-refractivity contribution is 7.16. The zero-order chi connectivity index (χ0) is 13.1. The van der Waals surface area contributed by atoms with E-state index in [1.165, 1.54) is 21.7 Å². The second kappa shape index (κ2) is 5.96. The summed E-state index contributed by atoms with van der Waals surface area (Å²) in [5.41, 5.74) is 3.59. The van der Waals surface area contributed by atoms with Crippen LogP contribution in [0.1, 0.15) is 16.0 Å². The van der Waals surface area contributed by atoms with Crippen molar-refractivity contribution in [1.82, 2.24) is 0 Å². The van der Waals surface area contributed by atoms with Gasteiger partial charge in [-0.3, -0.25) is 0 Å². The summed E-state index contributed by atoms with van der Waals surface area (Å²) in [5, 5.41) is 0. The van der Waals surface area contributed by atoms with Gasteiger partial charge in [0.1, 0.15) is 0 Å². The maximum absolute atomic E-state index is 6.01. The van der Waals surface area contributed by atoms with Gasteiger partial charge in [-0.1, -0.05) is 29.3 Å². The maximum Gasteiger partial charge on any atom is 0.0931 e. The number of benzene rings is 1. The minimum absolute atomic E-state index is 0.534. The van der Waals surface area contributed by atoms with Crippen LogP contribution in [0.2, 0.25) is 4.34 Å². The Labute approximate surface area is 122 Å². The molecule has 1 aromatic heterocycles. The molecule has 4 heteroatoms. The fourth-order valence-corrected chi connectivity index (χ4v) is 3.30. The summed E-state index contributed by atoms with van der Waals surface area (Å²) < 4.78 is 0.833. The fraction of sp³-hybridized carbons (Fsp3) is 0.286. The van der Waals surface area contributed by atoms with Gasteiger partial charge in [0.15, 0.2) is 0 Å². The Bertz CT molecular complexity index is 536. The van der Waals surface area contributed by atoms with Gasteiger partial charge in [0.05, 0.1) is 10.9 Å². The number of anilines is 1. The monoisotopic (exact) mass is 299 g/mol. The summed E-state index contributed by atoms with van der Waals surface area (Å²) in [7, 11) is 2.08. The number of nitrogens with zero attached hydrogens (tertiary/aromatic N) is 1. The van der Waals surface area contributed by atoms with Gasteiger partial charge in [-0.2, -0.15) is 0 Å². The first-order chi connectivity index (χ1) is 8.60. The first-order valence-corrected chi connectivity index (χ1v) is 7.44. The van der Waals surface area contributed by atoms with Crippen molar-refractivity contribution in [3.8, 4) is 0 Å². The molecule has 0 saturated heterocycles. The Morgan fingerprint density at radius 3 is 2.61 bits per heavy atom. The first-order valence-electron chi connectivity index (χ1n) is 5.71. The zero-order valence-electron chi connectivity index (χ0n) is 10.4. The van der Waals surface area contributed by atoms with Gasteiger partial charge in [0.25, 0.3) is 0 Å². The van der Waals surface area contributed by atoms with E-state index in [0.717, 1.165) is 10.9 Å². The third-order valence-electron chi connectivity index (χ3n) is 2.81. The fourth-order valence-electron chi connectivity index (χ4n) is 1.95. The molecule has 1 aromatic carbocycles. The maximum atomic E-state index is 6.01. The van der Waals surface area contributed by atoms with Crippen molar-refractivity contribution in [3.05, 3.63) is 50.7 Å². The topological polar surface area (TPSA) is 3.24 Å². The number of aryl methyl sites for hydroxylation is 1. The quantitative estimate of drug-likeness (QED) is 0.711. The van der Waals surface area contributed by atoms with Crippen LogP contribution in [0, 0.1) is 6.92 Å². The summed E-state index contributed by atoms with van der Waals surface area (Å²) >= 11 is 13.6. The predicted molar refractivity (Wildman–Crippen MR) is 82.2 cm³/mol. The van der Waals surface area contributed by atoms with Gasteiger partial charge in [-0.05, 0) is 30.7 Å². The molecule has 1 nitrogen and oxygen atoms in total. The van der Waals surface area contributed by atoms with Crippen LogP contribution in [-0.2, 0) is 12.4 Å². The lowest BCUT2D eigenvalue weighted by Gasteiger charge is -2.21. The van der Waals surface area contributed by atoms with Crippen molar-refractivity contribution >= 4 is 40.2 Å². The molecule has 0 bridgehead atoms. The van der Waals surface area contributed by atoms with Crippen molar-refractivity contribution in [3.63, 3.8) is 0 Å². The Morgan fingerprint density at radius 1 is 1.22 bits per heavy atom. The molecule has 2 rings (SSSR count). The highest BCUT2D eigenvalue weighted by atomic mass is 35.5. The number of thiophene rings is 1. The van der Waals surface area contributed by atoms with Crippen LogP contribution in [-0.4, -0.2) is 7.05 Å². The molecule has 0 amide bonds. The Morgan fingerprint density at radius 2 is 2.00 bits per heavy atom. The molecule has 0 fully saturated rings. The zero-order valence-corrected chi connectivity index (χ0v) is 12.7. The van der Waals surface area contributed by atoms with Crippen LogP contribution >= 0.6 is 34.5 Å². The van der Waals surface area contributed by atoms with E-state index in [4.69, 9.17) is 23.2 Å². The second-order valence-electron chi connectivity index (χ2n) is 4.33. The van der Waals surface area contributed by atoms with Crippen molar-refractivity contribution in [2.24, 2.45) is 0 Å². The van der Waals surface area contributed by atoms with E-state index in [9.17, 15) is 0 Å². The van der Waals surface area contributed by atoms with Gasteiger partial charge in [-0.25, -0.2) is 0 Å². The predicted octanol–water partition coefficient (Wildman–Crippen LogP) is 5.09. The van der Waals surface area contributed by atoms with Gasteiger partial charge >= 0.3 is 0 Å². The average Bonchev–Trinajstić information content (AvgIpc) is 2.74. The van der Waals surface area contributed by atoms with E-state index >= 15 is 0 Å². The molecule has 1 heterocycles. The molecule has 0 spiro atoms. The number of hydrogen-bond donors (Lipinski definition) is 0. The van der Waals surface area contributed by atoms with Crippen LogP contribution in [0.4, 0.5) is 5.69 Å². The molecule has 0 aliphatic carbocycles. The molecule has 96 valence electrons. The number of rotatable bonds is 4. The highest BCUT2D eigenvalue weighted by Gasteiger charge is 2.09. The van der Waals surface area contributed by atoms with E-state index in [2.05, 4.69) is 43.1 Å². The van der Waals surface area contributed by atoms with Gasteiger partial charge in [-0.15, -0.1) is 22.9 Å². The van der Waals surface area contributed by atoms with Gasteiger partial charge in [0, 0.05) is 23.5 Å². The summed E-state index contributed by atoms with van der Waals surface area (Å²) in [6.45, 7) is 2.93. The molecule has 18 heavy (non-hydrogen) atoms. The largest absolute Gasteiger partial charge is 0.369 e. The second-order valence-corrected chi connectivity index (χ2v) is 6.39. The lowest BCUT2D eigenvalue weighted by molar-refractivity contribution is 0.931. The van der Waals surface area contributed by atoms with E-state index in [1.807, 2.05) is 6.07 Å². The van der Waals surface area contributed by atoms with Crippen LogP contribution < -0.4 is 4.90 Å². The molecule has 0 N–H and O–H groups in total. The van der Waals surface area contributed by atoms with Crippen molar-refractivity contribution in [1.29, 1.82) is 0 Å². The average molecular weight is 300 g/mol. The molecular weight excluding hydrogens is 285 g/mol. The number of halogens is 2. The minimum Gasteiger partial charge on any atom is -0.369 e. The Hall–Kier alpha value is -0.700.